The minimum atomic E-state index is -0.633. The zero-order valence-electron chi connectivity index (χ0n) is 24.4. The summed E-state index contributed by atoms with van der Waals surface area (Å²) in [4.78, 5) is 29.8. The number of benzene rings is 3. The number of rotatable bonds is 4. The molecule has 220 valence electrons. The van der Waals surface area contributed by atoms with E-state index in [4.69, 9.17) is 14.4 Å². The van der Waals surface area contributed by atoms with Crippen LogP contribution >= 0.6 is 23.5 Å². The van der Waals surface area contributed by atoms with Gasteiger partial charge in [-0.3, -0.25) is 0 Å². The van der Waals surface area contributed by atoms with Gasteiger partial charge in [0.25, 0.3) is 0 Å². The highest BCUT2D eigenvalue weighted by Gasteiger charge is 2.30. The van der Waals surface area contributed by atoms with Crippen molar-refractivity contribution in [1.82, 2.24) is 9.97 Å². The highest BCUT2D eigenvalue weighted by molar-refractivity contribution is 8.04. The largest absolute Gasteiger partial charge is 0.506 e. The molecule has 3 aromatic carbocycles. The molecule has 0 aliphatic carbocycles. The van der Waals surface area contributed by atoms with Gasteiger partial charge in [0.05, 0.1) is 31.2 Å². The Morgan fingerprint density at radius 3 is 2.13 bits per heavy atom. The number of allylic oxidation sites excluding steroid dienone is 2. The normalized spacial score (nSPS) is 14.9. The monoisotopic (exact) mass is 626 g/mol. The molecule has 9 heteroatoms. The molecular formula is C36H26N4O3S2. The molecule has 0 saturated heterocycles. The molecule has 5 heterocycles. The molecular weight excluding hydrogens is 601 g/mol. The second-order valence-corrected chi connectivity index (χ2v) is 12.7. The zero-order chi connectivity index (χ0) is 30.7. The van der Waals surface area contributed by atoms with Crippen LogP contribution in [-0.4, -0.2) is 28.2 Å². The first kappa shape index (κ1) is 27.6. The Labute approximate surface area is 267 Å². The molecule has 2 aliphatic rings. The maximum Gasteiger partial charge on any atom is 0.348 e. The Morgan fingerprint density at radius 1 is 0.844 bits per heavy atom. The summed E-state index contributed by atoms with van der Waals surface area (Å²) < 4.78 is 5.74. The van der Waals surface area contributed by atoms with Gasteiger partial charge in [-0.05, 0) is 56.3 Å². The van der Waals surface area contributed by atoms with E-state index in [0.29, 0.717) is 29.6 Å². The number of para-hydroxylation sites is 3. The molecule has 2 aliphatic heterocycles. The summed E-state index contributed by atoms with van der Waals surface area (Å²) in [5.41, 5.74) is 5.54. The third-order valence-electron chi connectivity index (χ3n) is 7.98. The summed E-state index contributed by atoms with van der Waals surface area (Å²) in [6.45, 7) is 5.44. The summed E-state index contributed by atoms with van der Waals surface area (Å²) in [7, 11) is 0. The smallest absolute Gasteiger partial charge is 0.348 e. The number of hydrogen-bond acceptors (Lipinski definition) is 9. The lowest BCUT2D eigenvalue weighted by molar-refractivity contribution is 0.465. The van der Waals surface area contributed by atoms with Crippen molar-refractivity contribution in [2.75, 3.05) is 22.9 Å². The van der Waals surface area contributed by atoms with Gasteiger partial charge in [-0.25, -0.2) is 14.8 Å². The van der Waals surface area contributed by atoms with E-state index < -0.39 is 5.63 Å². The fourth-order valence-electron chi connectivity index (χ4n) is 5.82. The van der Waals surface area contributed by atoms with Crippen LogP contribution in [0.15, 0.2) is 126 Å². The molecule has 0 saturated carbocycles. The molecule has 3 aromatic heterocycles. The third-order valence-corrected chi connectivity index (χ3v) is 10.1. The molecule has 0 spiro atoms. The zero-order valence-corrected chi connectivity index (χ0v) is 26.1. The van der Waals surface area contributed by atoms with Crippen LogP contribution in [0.4, 0.5) is 11.6 Å². The number of aromatic nitrogens is 2. The molecule has 6 aromatic rings. The van der Waals surface area contributed by atoms with Gasteiger partial charge in [-0.15, -0.1) is 0 Å². The average Bonchev–Trinajstić information content (AvgIpc) is 3.57. The van der Waals surface area contributed by atoms with E-state index in [1.165, 1.54) is 0 Å². The van der Waals surface area contributed by atoms with Crippen LogP contribution in [0.25, 0.3) is 38.3 Å². The van der Waals surface area contributed by atoms with Crippen LogP contribution in [0.3, 0.4) is 0 Å². The predicted molar refractivity (Wildman–Crippen MR) is 184 cm³/mol. The first-order valence-corrected chi connectivity index (χ1v) is 16.3. The Hall–Kier alpha value is -4.95. The van der Waals surface area contributed by atoms with Crippen molar-refractivity contribution in [3.05, 3.63) is 123 Å². The topological polar surface area (TPSA) is 82.7 Å². The van der Waals surface area contributed by atoms with Crippen LogP contribution in [0, 0.1) is 0 Å². The van der Waals surface area contributed by atoms with Crippen molar-refractivity contribution < 1.29 is 9.52 Å². The summed E-state index contributed by atoms with van der Waals surface area (Å²) in [6.07, 6.45) is 1.91. The van der Waals surface area contributed by atoms with Gasteiger partial charge in [0.1, 0.15) is 33.6 Å². The fourth-order valence-corrected chi connectivity index (χ4v) is 8.11. The number of pyridine rings is 2. The Morgan fingerprint density at radius 2 is 1.44 bits per heavy atom. The number of thioether (sulfide) groups is 2. The average molecular weight is 627 g/mol. The molecule has 0 radical (unpaired) electrons. The minimum Gasteiger partial charge on any atom is -0.506 e. The predicted octanol–water partition coefficient (Wildman–Crippen LogP) is 8.52. The Bertz CT molecular complexity index is 2360. The van der Waals surface area contributed by atoms with Crippen LogP contribution in [0.2, 0.25) is 0 Å². The second kappa shape index (κ2) is 10.9. The molecule has 1 N–H and O–H groups in total. The van der Waals surface area contributed by atoms with E-state index >= 15 is 0 Å². The number of hydrogen-bond donors (Lipinski definition) is 1. The SMILES string of the molecule is CCN1C(=C=C(C=C2Sc3cc4ccccc4nc3N2CC)c2c(O)c3ccccc3oc2=O)Sc2cc3ccccc3nc21. The molecule has 0 bridgehead atoms. The summed E-state index contributed by atoms with van der Waals surface area (Å²) in [6, 6.07) is 27.4. The lowest BCUT2D eigenvalue weighted by atomic mass is 10.0. The minimum absolute atomic E-state index is 0.0603. The first-order valence-electron chi connectivity index (χ1n) is 14.7. The second-order valence-electron chi connectivity index (χ2n) is 10.6. The van der Waals surface area contributed by atoms with Crippen molar-refractivity contribution in [1.29, 1.82) is 0 Å². The maximum absolute atomic E-state index is 13.6. The molecule has 0 atom stereocenters. The molecule has 8 rings (SSSR count). The van der Waals surface area contributed by atoms with E-state index in [0.717, 1.165) is 53.3 Å². The maximum atomic E-state index is 13.6. The molecule has 7 nitrogen and oxygen atoms in total. The van der Waals surface area contributed by atoms with E-state index in [1.807, 2.05) is 48.5 Å². The van der Waals surface area contributed by atoms with Gasteiger partial charge >= 0.3 is 5.63 Å². The third kappa shape index (κ3) is 4.59. The lowest BCUT2D eigenvalue weighted by Crippen LogP contribution is -2.18. The van der Waals surface area contributed by atoms with Gasteiger partial charge in [0.15, 0.2) is 0 Å². The van der Waals surface area contributed by atoms with Crippen molar-refractivity contribution in [3.63, 3.8) is 0 Å². The number of nitrogens with zero attached hydrogens (tertiary/aromatic N) is 4. The van der Waals surface area contributed by atoms with E-state index in [-0.39, 0.29) is 11.3 Å². The van der Waals surface area contributed by atoms with E-state index in [2.05, 4.69) is 53.6 Å². The van der Waals surface area contributed by atoms with Gasteiger partial charge in [0.2, 0.25) is 0 Å². The number of fused-ring (bicyclic) bond motifs is 5. The van der Waals surface area contributed by atoms with Crippen molar-refractivity contribution in [2.24, 2.45) is 0 Å². The summed E-state index contributed by atoms with van der Waals surface area (Å²) in [5.74, 6) is 1.57. The summed E-state index contributed by atoms with van der Waals surface area (Å²) in [5, 5.41) is 15.8. The van der Waals surface area contributed by atoms with Gasteiger partial charge in [-0.2, -0.15) is 0 Å². The van der Waals surface area contributed by atoms with Crippen LogP contribution in [-0.2, 0) is 0 Å². The highest BCUT2D eigenvalue weighted by atomic mass is 32.2. The Kier molecular flexibility index (Phi) is 6.68. The Balaban J connectivity index is 1.36. The van der Waals surface area contributed by atoms with Gasteiger partial charge in [-0.1, -0.05) is 77.8 Å². The van der Waals surface area contributed by atoms with Crippen molar-refractivity contribution in [3.8, 4) is 5.75 Å². The van der Waals surface area contributed by atoms with Crippen molar-refractivity contribution >= 4 is 73.5 Å². The van der Waals surface area contributed by atoms with Crippen LogP contribution in [0.1, 0.15) is 19.4 Å². The molecule has 0 unspecified atom stereocenters. The number of aromatic hydroxyl groups is 1. The van der Waals surface area contributed by atoms with E-state index in [9.17, 15) is 9.90 Å². The molecule has 45 heavy (non-hydrogen) atoms. The lowest BCUT2D eigenvalue weighted by Gasteiger charge is -2.18. The van der Waals surface area contributed by atoms with E-state index in [1.54, 1.807) is 41.7 Å². The summed E-state index contributed by atoms with van der Waals surface area (Å²) >= 11 is 3.13. The first-order chi connectivity index (χ1) is 22.0. The van der Waals surface area contributed by atoms with Crippen LogP contribution < -0.4 is 15.4 Å². The van der Waals surface area contributed by atoms with Crippen molar-refractivity contribution in [2.45, 2.75) is 23.6 Å². The van der Waals surface area contributed by atoms with Gasteiger partial charge < -0.3 is 19.3 Å². The van der Waals surface area contributed by atoms with Crippen LogP contribution in [0.5, 0.6) is 5.75 Å². The fraction of sp³-hybridized carbons (Fsp3) is 0.111. The quantitative estimate of drug-likeness (QED) is 0.153. The highest BCUT2D eigenvalue weighted by Crippen LogP contribution is 2.49. The standard InChI is InChI=1S/C36H26N4O3S2/c1-3-39-30(44-28-17-21-11-5-8-14-25(21)37-34(28)39)19-23(32-33(41)24-13-7-10-16-27(24)43-36(32)42)20-31-40(4-2)35-29(45-31)18-22-12-6-9-15-26(22)38-35/h5-19,41H,3-4H2,1-2H3. The molecule has 0 fully saturated rings. The van der Waals surface area contributed by atoms with Gasteiger partial charge in [0, 0.05) is 29.4 Å². The number of anilines is 2. The molecule has 0 amide bonds.